The number of benzene rings is 6. The number of nitrogens with one attached hydrogen (secondary N) is 13. The van der Waals surface area contributed by atoms with E-state index in [0.29, 0.717) is 58.6 Å². The molecule has 2 aliphatic heterocycles. The van der Waals surface area contributed by atoms with Gasteiger partial charge in [-0.3, -0.25) is 72.6 Å². The van der Waals surface area contributed by atoms with Crippen LogP contribution in [0.1, 0.15) is 114 Å². The number of fused-ring (bicyclic) bond motifs is 2. The maximum absolute atomic E-state index is 15.6. The molecule has 0 bridgehead atoms. The van der Waals surface area contributed by atoms with Gasteiger partial charge in [-0.2, -0.15) is 0 Å². The Balaban J connectivity index is 1.01. The average Bonchev–Trinajstić information content (AvgIpc) is 1.80. The van der Waals surface area contributed by atoms with E-state index >= 15 is 28.8 Å². The third kappa shape index (κ3) is 26.9. The summed E-state index contributed by atoms with van der Waals surface area (Å²) in [5.41, 5.74) is 8.18. The molecule has 1 aromatic heterocycles. The molecule has 2 aliphatic rings. The van der Waals surface area contributed by atoms with Gasteiger partial charge in [0.25, 0.3) is 0 Å². The van der Waals surface area contributed by atoms with Gasteiger partial charge in [-0.25, -0.2) is 4.79 Å². The maximum Gasteiger partial charge on any atom is 0.322 e. The first-order valence-corrected chi connectivity index (χ1v) is 39.6. The number of unbranched alkanes of at least 4 members (excludes halogenated alkanes) is 1. The number of urea groups is 1. The molecule has 2 fully saturated rings. The molecule has 7 aromatic rings. The largest absolute Gasteiger partial charge is 0.394 e. The lowest BCUT2D eigenvalue weighted by Crippen LogP contribution is -2.62. The van der Waals surface area contributed by atoms with E-state index in [0.717, 1.165) is 21.5 Å². The number of likely N-dealkylation sites (tertiary alicyclic amines) is 1. The van der Waals surface area contributed by atoms with Gasteiger partial charge in [0.05, 0.1) is 13.0 Å². The van der Waals surface area contributed by atoms with Gasteiger partial charge in [0, 0.05) is 74.7 Å². The summed E-state index contributed by atoms with van der Waals surface area (Å²) in [6.07, 6.45) is 3.46. The summed E-state index contributed by atoms with van der Waals surface area (Å²) in [6, 6.07) is 25.7. The number of nitrogens with zero attached hydrogens (tertiary/aromatic N) is 2. The van der Waals surface area contributed by atoms with Gasteiger partial charge in [-0.1, -0.05) is 155 Å². The number of aliphatic hydroxyl groups excluding tert-OH is 1. The summed E-state index contributed by atoms with van der Waals surface area (Å²) >= 11 is 6.28. The molecule has 3 heterocycles. The number of aromatic nitrogens is 1. The Hall–Kier alpha value is -12.2. The molecular weight excluding hydrogens is 1520 g/mol. The average molecular weight is 1620 g/mol. The van der Waals surface area contributed by atoms with Crippen molar-refractivity contribution in [1.82, 2.24) is 73.7 Å². The highest BCUT2D eigenvalue weighted by molar-refractivity contribution is 6.30. The fourth-order valence-corrected chi connectivity index (χ4v) is 14.0. The lowest BCUT2D eigenvalue weighted by atomic mass is 9.98. The van der Waals surface area contributed by atoms with Crippen LogP contribution in [0.3, 0.4) is 0 Å². The van der Waals surface area contributed by atoms with Crippen molar-refractivity contribution in [3.63, 3.8) is 0 Å². The predicted octanol–water partition coefficient (Wildman–Crippen LogP) is 3.18. The number of pyridine rings is 1. The highest BCUT2D eigenvalue weighted by Gasteiger charge is 2.41. The minimum absolute atomic E-state index is 0.0160. The first kappa shape index (κ1) is 88.7. The van der Waals surface area contributed by atoms with Crippen LogP contribution in [0.15, 0.2) is 158 Å². The zero-order valence-electron chi connectivity index (χ0n) is 66.1. The first-order valence-electron chi connectivity index (χ1n) is 39.2. The Morgan fingerprint density at radius 1 is 0.530 bits per heavy atom. The number of hydrogen-bond acceptors (Lipinski definition) is 17. The van der Waals surface area contributed by atoms with E-state index in [2.05, 4.69) is 74.1 Å². The van der Waals surface area contributed by atoms with E-state index in [1.807, 2.05) is 107 Å². The monoisotopic (exact) mass is 1620 g/mol. The third-order valence-electron chi connectivity index (χ3n) is 20.0. The Morgan fingerprint density at radius 2 is 1.00 bits per heavy atom. The van der Waals surface area contributed by atoms with Crippen LogP contribution in [0.5, 0.6) is 0 Å². The number of rotatable bonds is 40. The standard InChI is InChI=1S/C85H103ClN16O15/c1-48(2)37-64(76(108)93-63(20-11-12-35-89-49(3)4)84(116)102-36-14-21-72(102)83(115)90-50(5)74(87)106)94-80(112)68(43-55-23-29-58-17-8-10-19-60(58)39-55)96-79(111)67(41-53-26-32-62(33-27-53)92-75(107)70-45-73(105)101-85(117)100-70)98-82(114)71(47-103)99-81(113)69(44-56-15-13-34-88-46-56)97-78(110)66(40-52-24-30-61(86)31-25-52)95-77(109)65(91-51(6)104)42-54-22-28-57-16-7-9-18-59(57)38-54/h7-10,13,15-19,22-34,38-39,46,48-50,63-72,89,103H,11-12,14,20-21,35-37,40-45,47H2,1-6H3,(H2,87,106)(H,90,115)(H,91,104)(H,92,107)(H,93,108)(H,94,112)(H,95,109)(H,96,111)(H,97,110)(H,98,114)(H,99,113)(H2,100,101,105,117)/t50-,63+,64+,65-,66-,67+,68-,69-,70+,71+,72+/m1/s1. The van der Waals surface area contributed by atoms with E-state index in [-0.39, 0.29) is 75.6 Å². The summed E-state index contributed by atoms with van der Waals surface area (Å²) < 4.78 is 0. The summed E-state index contributed by atoms with van der Waals surface area (Å²) in [4.78, 5) is 202. The third-order valence-corrected chi connectivity index (χ3v) is 20.3. The van der Waals surface area contributed by atoms with Crippen molar-refractivity contribution >= 4 is 122 Å². The number of carbonyl (C=O) groups is 14. The number of anilines is 1. The number of imide groups is 1. The summed E-state index contributed by atoms with van der Waals surface area (Å²) in [5.74, 6) is -10.6. The van der Waals surface area contributed by atoms with E-state index in [1.54, 1.807) is 42.5 Å². The maximum atomic E-state index is 15.6. The van der Waals surface area contributed by atoms with Crippen molar-refractivity contribution in [3.05, 3.63) is 191 Å². The summed E-state index contributed by atoms with van der Waals surface area (Å²) in [7, 11) is 0. The molecule has 117 heavy (non-hydrogen) atoms. The normalized spacial score (nSPS) is 16.2. The molecule has 31 nitrogen and oxygen atoms in total. The molecule has 0 radical (unpaired) electrons. The Bertz CT molecular complexity index is 4710. The minimum atomic E-state index is -1.89. The lowest BCUT2D eigenvalue weighted by molar-refractivity contribution is -0.142. The van der Waals surface area contributed by atoms with Crippen molar-refractivity contribution in [2.75, 3.05) is 25.0 Å². The van der Waals surface area contributed by atoms with Crippen LogP contribution < -0.4 is 74.9 Å². The molecule has 0 saturated carbocycles. The van der Waals surface area contributed by atoms with E-state index in [1.165, 1.54) is 55.4 Å². The molecule has 620 valence electrons. The quantitative estimate of drug-likeness (QED) is 0.0245. The van der Waals surface area contributed by atoms with Crippen LogP contribution in [0, 0.1) is 5.92 Å². The smallest absolute Gasteiger partial charge is 0.322 e. The molecule has 0 unspecified atom stereocenters. The molecular formula is C85H103ClN16O15. The summed E-state index contributed by atoms with van der Waals surface area (Å²) in [6.45, 7) is 9.95. The molecule has 15 amide bonds. The van der Waals surface area contributed by atoms with E-state index in [9.17, 15) is 43.5 Å². The van der Waals surface area contributed by atoms with Gasteiger partial charge in [0.1, 0.15) is 66.5 Å². The van der Waals surface area contributed by atoms with Crippen LogP contribution in [0.4, 0.5) is 10.5 Å². The molecule has 2 saturated heterocycles. The number of amides is 15. The zero-order chi connectivity index (χ0) is 84.4. The van der Waals surface area contributed by atoms with Crippen molar-refractivity contribution in [2.45, 2.75) is 191 Å². The fraction of sp³-hybridized carbons (Fsp3) is 0.400. The molecule has 16 N–H and O–H groups in total. The predicted molar refractivity (Wildman–Crippen MR) is 438 cm³/mol. The molecule has 0 spiro atoms. The number of aliphatic hydroxyl groups is 1. The zero-order valence-corrected chi connectivity index (χ0v) is 66.9. The van der Waals surface area contributed by atoms with Gasteiger partial charge < -0.3 is 79.5 Å². The molecule has 11 atom stereocenters. The van der Waals surface area contributed by atoms with Gasteiger partial charge in [-0.05, 0) is 138 Å². The highest BCUT2D eigenvalue weighted by atomic mass is 35.5. The van der Waals surface area contributed by atoms with Crippen LogP contribution in [-0.4, -0.2) is 190 Å². The highest BCUT2D eigenvalue weighted by Crippen LogP contribution is 2.24. The topological polar surface area (TPSA) is 458 Å². The molecule has 0 aliphatic carbocycles. The first-order chi connectivity index (χ1) is 55.9. The molecule has 6 aromatic carbocycles. The van der Waals surface area contributed by atoms with Crippen LogP contribution >= 0.6 is 11.6 Å². The molecule has 32 heteroatoms. The second-order valence-electron chi connectivity index (χ2n) is 30.3. The number of carbonyl (C=O) groups excluding carboxylic acids is 14. The number of nitrogens with two attached hydrogens (primary N) is 1. The number of primary amides is 1. The van der Waals surface area contributed by atoms with Crippen molar-refractivity contribution in [1.29, 1.82) is 0 Å². The lowest BCUT2D eigenvalue weighted by Gasteiger charge is -2.31. The Labute approximate surface area is 682 Å². The second kappa shape index (κ2) is 42.9. The van der Waals surface area contributed by atoms with E-state index < -0.39 is 162 Å². The fourth-order valence-electron chi connectivity index (χ4n) is 13.9. The summed E-state index contributed by atoms with van der Waals surface area (Å²) in [5, 5.41) is 50.1. The minimum Gasteiger partial charge on any atom is -0.394 e. The van der Waals surface area contributed by atoms with Crippen LogP contribution in [0.2, 0.25) is 5.02 Å². The van der Waals surface area contributed by atoms with Gasteiger partial charge >= 0.3 is 6.03 Å². The Kier molecular flexibility index (Phi) is 32.6. The SMILES string of the molecule is CC(=O)N[C@H](Cc1ccc2ccccc2c1)C(=O)N[C@H](Cc1ccc(Cl)cc1)C(=O)N[C@H](Cc1cccnc1)C(=O)N[C@@H](CO)C(=O)N[C@@H](Cc1ccc(NC(=O)[C@@H]2CC(=O)NC(=O)N2)cc1)C(=O)N[C@H](Cc1ccc2ccccc2c1)C(=O)N[C@@H](CC(C)C)C(=O)N[C@@H](CCCCNC(C)C)C(=O)N1CCC[C@H]1C(=O)N[C@H](C)C(N)=O. The van der Waals surface area contributed by atoms with Crippen molar-refractivity contribution in [3.8, 4) is 0 Å². The van der Waals surface area contributed by atoms with Crippen molar-refractivity contribution in [2.24, 2.45) is 11.7 Å². The molecule has 9 rings (SSSR count). The van der Waals surface area contributed by atoms with Gasteiger partial charge in [0.2, 0.25) is 76.8 Å². The van der Waals surface area contributed by atoms with Crippen LogP contribution in [0.25, 0.3) is 21.5 Å². The van der Waals surface area contributed by atoms with Gasteiger partial charge in [0.15, 0.2) is 0 Å². The van der Waals surface area contributed by atoms with E-state index in [4.69, 9.17) is 17.3 Å². The Morgan fingerprint density at radius 3 is 1.50 bits per heavy atom. The van der Waals surface area contributed by atoms with Crippen molar-refractivity contribution < 1.29 is 72.2 Å². The van der Waals surface area contributed by atoms with Gasteiger partial charge in [-0.15, -0.1) is 0 Å². The number of halogens is 1. The van der Waals surface area contributed by atoms with Crippen LogP contribution in [-0.2, 0) is 94.4 Å². The second-order valence-corrected chi connectivity index (χ2v) is 30.7. The number of hydrogen-bond donors (Lipinski definition) is 15.